The average Bonchev–Trinajstić information content (AvgIpc) is 3.06. The zero-order valence-electron chi connectivity index (χ0n) is 12.9. The quantitative estimate of drug-likeness (QED) is 0.575. The molecule has 5 nitrogen and oxygen atoms in total. The molecular formula is C18H12FN5S. The lowest BCUT2D eigenvalue weighted by molar-refractivity contribution is 0.630. The van der Waals surface area contributed by atoms with Crippen LogP contribution in [0.1, 0.15) is 5.56 Å². The summed E-state index contributed by atoms with van der Waals surface area (Å²) in [5.41, 5.74) is 8.89. The molecule has 25 heavy (non-hydrogen) atoms. The molecule has 0 aliphatic rings. The Morgan fingerprint density at radius 3 is 2.52 bits per heavy atom. The van der Waals surface area contributed by atoms with Crippen LogP contribution in [0.25, 0.3) is 28.3 Å². The highest BCUT2D eigenvalue weighted by atomic mass is 32.1. The number of pyridine rings is 2. The van der Waals surface area contributed by atoms with Crippen molar-refractivity contribution in [3.63, 3.8) is 0 Å². The summed E-state index contributed by atoms with van der Waals surface area (Å²) in [5.74, 6) is -0.113. The third-order valence-electron chi connectivity index (χ3n) is 3.84. The van der Waals surface area contributed by atoms with Gasteiger partial charge in [0.25, 0.3) is 0 Å². The van der Waals surface area contributed by atoms with Gasteiger partial charge in [-0.2, -0.15) is 0 Å². The Labute approximate surface area is 148 Å². The first-order valence-corrected chi connectivity index (χ1v) is 7.91. The number of nitrogens with zero attached hydrogens (tertiary/aromatic N) is 4. The topological polar surface area (TPSA) is 69.1 Å². The smallest absolute Gasteiger partial charge is 0.185 e. The van der Waals surface area contributed by atoms with Crippen molar-refractivity contribution in [2.75, 3.05) is 0 Å². The maximum absolute atomic E-state index is 14.1. The number of nitrogens with two attached hydrogens (primary N) is 1. The molecule has 0 fully saturated rings. The zero-order chi connectivity index (χ0) is 17.4. The summed E-state index contributed by atoms with van der Waals surface area (Å²) in [7, 11) is 0. The number of aromatic nitrogens is 4. The Morgan fingerprint density at radius 1 is 1.04 bits per heavy atom. The van der Waals surface area contributed by atoms with Gasteiger partial charge in [-0.1, -0.05) is 24.4 Å². The molecule has 7 heteroatoms. The van der Waals surface area contributed by atoms with Gasteiger partial charge in [0.15, 0.2) is 11.5 Å². The molecule has 1 aromatic carbocycles. The van der Waals surface area contributed by atoms with E-state index in [2.05, 4.69) is 15.1 Å². The molecule has 3 heterocycles. The molecule has 122 valence electrons. The Bertz CT molecular complexity index is 1090. The largest absolute Gasteiger partial charge is 0.389 e. The molecule has 0 spiro atoms. The van der Waals surface area contributed by atoms with Crippen molar-refractivity contribution in [3.05, 3.63) is 72.3 Å². The molecule has 0 amide bonds. The predicted molar refractivity (Wildman–Crippen MR) is 97.5 cm³/mol. The molecule has 0 atom stereocenters. The van der Waals surface area contributed by atoms with Crippen LogP contribution in [0, 0.1) is 5.82 Å². The van der Waals surface area contributed by atoms with Gasteiger partial charge in [0.05, 0.1) is 16.8 Å². The van der Waals surface area contributed by atoms with Crippen molar-refractivity contribution < 1.29 is 4.39 Å². The summed E-state index contributed by atoms with van der Waals surface area (Å²) in [6.07, 6.45) is 3.38. The molecule has 0 saturated heterocycles. The van der Waals surface area contributed by atoms with E-state index in [9.17, 15) is 4.39 Å². The molecule has 0 radical (unpaired) electrons. The molecule has 2 N–H and O–H groups in total. The number of halogens is 1. The van der Waals surface area contributed by atoms with Crippen LogP contribution in [0.5, 0.6) is 0 Å². The van der Waals surface area contributed by atoms with Crippen LogP contribution < -0.4 is 5.73 Å². The molecule has 4 aromatic rings. The minimum atomic E-state index is -0.388. The SMILES string of the molecule is NC(=S)c1ccc(-c2ccncc2)n2nc(-c3ccccc3F)nc12. The molecule has 0 aliphatic carbocycles. The molecule has 0 aliphatic heterocycles. The highest BCUT2D eigenvalue weighted by Gasteiger charge is 2.17. The van der Waals surface area contributed by atoms with E-state index in [4.69, 9.17) is 18.0 Å². The van der Waals surface area contributed by atoms with Crippen molar-refractivity contribution in [1.82, 2.24) is 19.6 Å². The van der Waals surface area contributed by atoms with E-state index in [0.717, 1.165) is 11.3 Å². The van der Waals surface area contributed by atoms with Crippen LogP contribution in [0.4, 0.5) is 4.39 Å². The molecule has 3 aromatic heterocycles. The summed E-state index contributed by atoms with van der Waals surface area (Å²) < 4.78 is 15.8. The lowest BCUT2D eigenvalue weighted by Crippen LogP contribution is -2.12. The molecular weight excluding hydrogens is 337 g/mol. The van der Waals surface area contributed by atoms with E-state index >= 15 is 0 Å². The van der Waals surface area contributed by atoms with Crippen LogP contribution >= 0.6 is 12.2 Å². The van der Waals surface area contributed by atoms with Crippen molar-refractivity contribution in [3.8, 4) is 22.6 Å². The Hall–Kier alpha value is -3.19. The first kappa shape index (κ1) is 15.3. The number of hydrogen-bond donors (Lipinski definition) is 1. The highest BCUT2D eigenvalue weighted by Crippen LogP contribution is 2.25. The van der Waals surface area contributed by atoms with Crippen LogP contribution in [-0.2, 0) is 0 Å². The monoisotopic (exact) mass is 349 g/mol. The predicted octanol–water partition coefficient (Wildman–Crippen LogP) is 3.23. The number of thiocarbonyl (C=S) groups is 1. The van der Waals surface area contributed by atoms with Crippen molar-refractivity contribution in [2.24, 2.45) is 5.73 Å². The second kappa shape index (κ2) is 6.03. The first-order chi connectivity index (χ1) is 12.1. The zero-order valence-corrected chi connectivity index (χ0v) is 13.7. The fourth-order valence-electron chi connectivity index (χ4n) is 2.65. The fourth-order valence-corrected chi connectivity index (χ4v) is 2.81. The van der Waals surface area contributed by atoms with Gasteiger partial charge in [0.1, 0.15) is 10.8 Å². The third kappa shape index (κ3) is 2.64. The van der Waals surface area contributed by atoms with E-state index in [1.54, 1.807) is 41.2 Å². The highest BCUT2D eigenvalue weighted by molar-refractivity contribution is 7.80. The van der Waals surface area contributed by atoms with Crippen LogP contribution in [0.2, 0.25) is 0 Å². The number of benzene rings is 1. The second-order valence-electron chi connectivity index (χ2n) is 5.38. The van der Waals surface area contributed by atoms with E-state index in [0.29, 0.717) is 16.8 Å². The van der Waals surface area contributed by atoms with Gasteiger partial charge >= 0.3 is 0 Å². The first-order valence-electron chi connectivity index (χ1n) is 7.50. The normalized spacial score (nSPS) is 10.9. The summed E-state index contributed by atoms with van der Waals surface area (Å²) in [6.45, 7) is 0. The lowest BCUT2D eigenvalue weighted by atomic mass is 10.1. The van der Waals surface area contributed by atoms with Gasteiger partial charge in [-0.3, -0.25) is 4.98 Å². The minimum Gasteiger partial charge on any atom is -0.389 e. The lowest BCUT2D eigenvalue weighted by Gasteiger charge is -2.06. The molecule has 0 saturated carbocycles. The Kier molecular flexibility index (Phi) is 3.70. The van der Waals surface area contributed by atoms with Gasteiger partial charge in [-0.15, -0.1) is 5.10 Å². The maximum Gasteiger partial charge on any atom is 0.185 e. The Balaban J connectivity index is 2.02. The standard InChI is InChI=1S/C18H12FN5S/c19-14-4-2-1-3-12(14)17-22-18-13(16(20)25)5-6-15(24(18)23-17)11-7-9-21-10-8-11/h1-10H,(H2,20,25). The third-order valence-corrected chi connectivity index (χ3v) is 4.06. The van der Waals surface area contributed by atoms with Gasteiger partial charge in [-0.05, 0) is 36.4 Å². The van der Waals surface area contributed by atoms with E-state index in [1.165, 1.54) is 6.07 Å². The number of fused-ring (bicyclic) bond motifs is 1. The van der Waals surface area contributed by atoms with Crippen molar-refractivity contribution >= 4 is 22.9 Å². The number of hydrogen-bond acceptors (Lipinski definition) is 4. The fraction of sp³-hybridized carbons (Fsp3) is 0. The van der Waals surface area contributed by atoms with E-state index in [-0.39, 0.29) is 16.6 Å². The van der Waals surface area contributed by atoms with E-state index < -0.39 is 0 Å². The van der Waals surface area contributed by atoms with Gasteiger partial charge < -0.3 is 5.73 Å². The summed E-state index contributed by atoms with van der Waals surface area (Å²) in [6, 6.07) is 13.7. The van der Waals surface area contributed by atoms with Crippen LogP contribution in [0.3, 0.4) is 0 Å². The molecule has 4 rings (SSSR count). The van der Waals surface area contributed by atoms with E-state index in [1.807, 2.05) is 18.2 Å². The van der Waals surface area contributed by atoms with Gasteiger partial charge in [0, 0.05) is 18.0 Å². The van der Waals surface area contributed by atoms with Crippen LogP contribution in [0.15, 0.2) is 60.9 Å². The van der Waals surface area contributed by atoms with Gasteiger partial charge in [-0.25, -0.2) is 13.9 Å². The molecule has 0 bridgehead atoms. The van der Waals surface area contributed by atoms with Crippen LogP contribution in [-0.4, -0.2) is 24.6 Å². The van der Waals surface area contributed by atoms with Gasteiger partial charge in [0.2, 0.25) is 0 Å². The second-order valence-corrected chi connectivity index (χ2v) is 5.82. The number of rotatable bonds is 3. The average molecular weight is 349 g/mol. The Morgan fingerprint density at radius 2 is 1.80 bits per heavy atom. The summed E-state index contributed by atoms with van der Waals surface area (Å²) in [5, 5.41) is 4.49. The minimum absolute atomic E-state index is 0.207. The van der Waals surface area contributed by atoms with Crippen molar-refractivity contribution in [1.29, 1.82) is 0 Å². The maximum atomic E-state index is 14.1. The summed E-state index contributed by atoms with van der Waals surface area (Å²) in [4.78, 5) is 8.71. The summed E-state index contributed by atoms with van der Waals surface area (Å²) >= 11 is 5.11. The molecule has 0 unspecified atom stereocenters. The van der Waals surface area contributed by atoms with Crippen molar-refractivity contribution in [2.45, 2.75) is 0 Å².